The first-order valence-electron chi connectivity index (χ1n) is 8.88. The second kappa shape index (κ2) is 7.45. The largest absolute Gasteiger partial charge is 0.350 e. The lowest BCUT2D eigenvalue weighted by atomic mass is 9.90. The van der Waals surface area contributed by atoms with Gasteiger partial charge in [0.15, 0.2) is 0 Å². The molecule has 1 aromatic carbocycles. The molecular weight excluding hydrogens is 337 g/mol. The number of carbonyl (C=O) groups is 2. The van der Waals surface area contributed by atoms with Crippen LogP contribution in [0.5, 0.6) is 0 Å². The maximum atomic E-state index is 13.0. The Balaban J connectivity index is 1.58. The van der Waals surface area contributed by atoms with Gasteiger partial charge in [0, 0.05) is 38.0 Å². The smallest absolute Gasteiger partial charge is 0.269 e. The molecular formula is C19H24FN3O3. The summed E-state index contributed by atoms with van der Waals surface area (Å²) in [6, 6.07) is 5.56. The van der Waals surface area contributed by atoms with Crippen molar-refractivity contribution >= 4 is 11.8 Å². The Bertz CT molecular complexity index is 707. The minimum absolute atomic E-state index is 0.121. The van der Waals surface area contributed by atoms with E-state index in [-0.39, 0.29) is 17.6 Å². The summed E-state index contributed by atoms with van der Waals surface area (Å²) in [5, 5.41) is 2.85. The zero-order valence-electron chi connectivity index (χ0n) is 15.0. The van der Waals surface area contributed by atoms with Gasteiger partial charge in [-0.2, -0.15) is 0 Å². The molecule has 140 valence electrons. The van der Waals surface area contributed by atoms with E-state index in [1.54, 1.807) is 4.90 Å². The Morgan fingerprint density at radius 1 is 1.27 bits per heavy atom. The van der Waals surface area contributed by atoms with E-state index in [1.165, 1.54) is 24.3 Å². The number of hydroxylamine groups is 1. The van der Waals surface area contributed by atoms with Gasteiger partial charge in [-0.3, -0.25) is 19.9 Å². The van der Waals surface area contributed by atoms with Gasteiger partial charge in [-0.25, -0.2) is 4.39 Å². The lowest BCUT2D eigenvalue weighted by molar-refractivity contribution is -0.120. The topological polar surface area (TPSA) is 70.7 Å². The second-order valence-electron chi connectivity index (χ2n) is 7.23. The fraction of sp³-hybridized carbons (Fsp3) is 0.474. The van der Waals surface area contributed by atoms with E-state index in [0.29, 0.717) is 49.7 Å². The Kier molecular flexibility index (Phi) is 5.27. The molecule has 7 heteroatoms. The summed E-state index contributed by atoms with van der Waals surface area (Å²) in [5.41, 5.74) is 3.05. The maximum absolute atomic E-state index is 13.0. The molecule has 0 unspecified atom stereocenters. The summed E-state index contributed by atoms with van der Waals surface area (Å²) in [4.78, 5) is 32.1. The quantitative estimate of drug-likeness (QED) is 0.861. The van der Waals surface area contributed by atoms with Crippen molar-refractivity contribution in [2.45, 2.75) is 32.3 Å². The van der Waals surface area contributed by atoms with Gasteiger partial charge in [0.1, 0.15) is 17.1 Å². The Hall–Kier alpha value is -2.41. The molecule has 0 radical (unpaired) electrons. The number of benzene rings is 1. The van der Waals surface area contributed by atoms with Gasteiger partial charge in [0.05, 0.1) is 0 Å². The second-order valence-corrected chi connectivity index (χ2v) is 7.23. The van der Waals surface area contributed by atoms with Crippen LogP contribution in [0.15, 0.2) is 36.0 Å². The number of nitrogens with zero attached hydrogens (tertiary/aromatic N) is 1. The van der Waals surface area contributed by atoms with E-state index in [4.69, 9.17) is 4.84 Å². The van der Waals surface area contributed by atoms with E-state index in [9.17, 15) is 14.0 Å². The first-order chi connectivity index (χ1) is 12.4. The molecule has 1 fully saturated rings. The third kappa shape index (κ3) is 4.04. The van der Waals surface area contributed by atoms with Crippen molar-refractivity contribution in [2.24, 2.45) is 5.92 Å². The highest BCUT2D eigenvalue weighted by Crippen LogP contribution is 2.32. The highest BCUT2D eigenvalue weighted by Gasteiger charge is 2.41. The monoisotopic (exact) mass is 361 g/mol. The van der Waals surface area contributed by atoms with Crippen LogP contribution in [0, 0.1) is 11.7 Å². The van der Waals surface area contributed by atoms with Crippen LogP contribution in [0.2, 0.25) is 0 Å². The summed E-state index contributed by atoms with van der Waals surface area (Å²) >= 11 is 0. The number of carbonyl (C=O) groups excluding carboxylic acids is 2. The van der Waals surface area contributed by atoms with E-state index < -0.39 is 5.60 Å². The minimum Gasteiger partial charge on any atom is -0.350 e. The molecule has 6 nitrogen and oxygen atoms in total. The van der Waals surface area contributed by atoms with E-state index in [0.717, 1.165) is 0 Å². The van der Waals surface area contributed by atoms with Gasteiger partial charge in [-0.05, 0) is 36.3 Å². The minimum atomic E-state index is -0.565. The molecule has 1 aromatic rings. The average Bonchev–Trinajstić information content (AvgIpc) is 3.04. The molecule has 0 aromatic heterocycles. The van der Waals surface area contributed by atoms with Crippen molar-refractivity contribution < 1.29 is 18.8 Å². The molecule has 2 heterocycles. The first-order valence-corrected chi connectivity index (χ1v) is 8.88. The van der Waals surface area contributed by atoms with Crippen LogP contribution in [0.4, 0.5) is 4.39 Å². The van der Waals surface area contributed by atoms with Gasteiger partial charge in [0.25, 0.3) is 11.8 Å². The van der Waals surface area contributed by atoms with Crippen LogP contribution in [0.3, 0.4) is 0 Å². The molecule has 0 saturated carbocycles. The average molecular weight is 361 g/mol. The van der Waals surface area contributed by atoms with Crippen LogP contribution in [0.25, 0.3) is 0 Å². The van der Waals surface area contributed by atoms with E-state index in [1.807, 2.05) is 19.9 Å². The SMILES string of the molecule is CC(C)CNC(=O)C1=CC2(CCN(C(=O)c3ccc(F)cc3)CC2)ON1. The normalized spacial score (nSPS) is 18.6. The maximum Gasteiger partial charge on any atom is 0.269 e. The number of halogens is 1. The standard InChI is InChI=1S/C19H24FN3O3/c1-13(2)12-21-17(24)16-11-19(26-22-16)7-9-23(10-8-19)18(25)14-3-5-15(20)6-4-14/h3-6,11,13,22H,7-10,12H2,1-2H3,(H,21,24). The highest BCUT2D eigenvalue weighted by molar-refractivity contribution is 5.94. The van der Waals surface area contributed by atoms with Gasteiger partial charge >= 0.3 is 0 Å². The molecule has 2 aliphatic heterocycles. The molecule has 0 aliphatic carbocycles. The van der Waals surface area contributed by atoms with E-state index in [2.05, 4.69) is 10.8 Å². The molecule has 1 spiro atoms. The summed E-state index contributed by atoms with van der Waals surface area (Å²) in [7, 11) is 0. The zero-order chi connectivity index (χ0) is 18.7. The fourth-order valence-corrected chi connectivity index (χ4v) is 3.09. The van der Waals surface area contributed by atoms with Crippen molar-refractivity contribution in [1.29, 1.82) is 0 Å². The molecule has 1 saturated heterocycles. The number of hydrogen-bond donors (Lipinski definition) is 2. The van der Waals surface area contributed by atoms with Gasteiger partial charge in [0.2, 0.25) is 0 Å². The fourth-order valence-electron chi connectivity index (χ4n) is 3.09. The van der Waals surface area contributed by atoms with Crippen LogP contribution >= 0.6 is 0 Å². The third-order valence-electron chi connectivity index (χ3n) is 4.68. The lowest BCUT2D eigenvalue weighted by Crippen LogP contribution is -2.46. The predicted octanol–water partition coefficient (Wildman–Crippen LogP) is 1.99. The van der Waals surface area contributed by atoms with Crippen molar-refractivity contribution in [3.63, 3.8) is 0 Å². The molecule has 0 atom stereocenters. The number of amides is 2. The van der Waals surface area contributed by atoms with Gasteiger partial charge < -0.3 is 10.2 Å². The third-order valence-corrected chi connectivity index (χ3v) is 4.68. The number of rotatable bonds is 4. The Labute approximate surface area is 152 Å². The molecule has 0 bridgehead atoms. The summed E-state index contributed by atoms with van der Waals surface area (Å²) in [6.45, 7) is 5.68. The van der Waals surface area contributed by atoms with Crippen molar-refractivity contribution in [3.8, 4) is 0 Å². The predicted molar refractivity (Wildman–Crippen MR) is 94.4 cm³/mol. The zero-order valence-corrected chi connectivity index (χ0v) is 15.0. The first kappa shape index (κ1) is 18.4. The summed E-state index contributed by atoms with van der Waals surface area (Å²) in [6.07, 6.45) is 3.00. The van der Waals surface area contributed by atoms with Gasteiger partial charge in [-0.15, -0.1) is 0 Å². The summed E-state index contributed by atoms with van der Waals surface area (Å²) in [5.74, 6) is -0.292. The van der Waals surface area contributed by atoms with Crippen LogP contribution < -0.4 is 10.8 Å². The number of piperidine rings is 1. The van der Waals surface area contributed by atoms with E-state index >= 15 is 0 Å². The van der Waals surface area contributed by atoms with Gasteiger partial charge in [-0.1, -0.05) is 13.8 Å². The highest BCUT2D eigenvalue weighted by atomic mass is 19.1. The number of likely N-dealkylation sites (tertiary alicyclic amines) is 1. The Morgan fingerprint density at radius 3 is 2.54 bits per heavy atom. The van der Waals surface area contributed by atoms with Crippen molar-refractivity contribution in [2.75, 3.05) is 19.6 Å². The van der Waals surface area contributed by atoms with Crippen molar-refractivity contribution in [3.05, 3.63) is 47.4 Å². The molecule has 2 N–H and O–H groups in total. The molecule has 3 rings (SSSR count). The van der Waals surface area contributed by atoms with Crippen molar-refractivity contribution in [1.82, 2.24) is 15.7 Å². The van der Waals surface area contributed by atoms with Crippen LogP contribution in [-0.2, 0) is 9.63 Å². The number of nitrogens with one attached hydrogen (secondary N) is 2. The lowest BCUT2D eigenvalue weighted by Gasteiger charge is -2.36. The molecule has 2 amide bonds. The number of hydrogen-bond acceptors (Lipinski definition) is 4. The molecule has 2 aliphatic rings. The van der Waals surface area contributed by atoms with Crippen LogP contribution in [-0.4, -0.2) is 41.9 Å². The Morgan fingerprint density at radius 2 is 1.92 bits per heavy atom. The molecule has 26 heavy (non-hydrogen) atoms. The summed E-state index contributed by atoms with van der Waals surface area (Å²) < 4.78 is 13.0. The van der Waals surface area contributed by atoms with Crippen LogP contribution in [0.1, 0.15) is 37.0 Å².